The summed E-state index contributed by atoms with van der Waals surface area (Å²) in [6.45, 7) is 0.688. The van der Waals surface area contributed by atoms with Gasteiger partial charge in [0.25, 0.3) is 5.56 Å². The predicted molar refractivity (Wildman–Crippen MR) is 135 cm³/mol. The van der Waals surface area contributed by atoms with E-state index in [9.17, 15) is 9.90 Å². The van der Waals surface area contributed by atoms with E-state index in [4.69, 9.17) is 4.74 Å². The van der Waals surface area contributed by atoms with Gasteiger partial charge in [-0.25, -0.2) is 9.67 Å². The molecule has 3 heterocycles. The highest BCUT2D eigenvalue weighted by Gasteiger charge is 2.15. The van der Waals surface area contributed by atoms with E-state index in [0.717, 1.165) is 27.5 Å². The number of fused-ring (bicyclic) bond motifs is 2. The van der Waals surface area contributed by atoms with Crippen molar-refractivity contribution < 1.29 is 9.84 Å². The van der Waals surface area contributed by atoms with Gasteiger partial charge in [0, 0.05) is 11.5 Å². The number of hydrogen-bond acceptors (Lipinski definition) is 7. The maximum absolute atomic E-state index is 12.7. The van der Waals surface area contributed by atoms with E-state index in [1.165, 1.54) is 6.07 Å². The molecule has 2 N–H and O–H groups in total. The SMILES string of the molecule is O=c1[nH]c2cc(O)ccc2cc1-c1nnnn1Cc1cccc(OCc2ccc3ccccc3n2)c1. The van der Waals surface area contributed by atoms with E-state index in [2.05, 4.69) is 25.5 Å². The minimum absolute atomic E-state index is 0.0780. The molecule has 0 amide bonds. The number of ether oxygens (including phenoxy) is 1. The summed E-state index contributed by atoms with van der Waals surface area (Å²) in [7, 11) is 0. The van der Waals surface area contributed by atoms with E-state index in [1.54, 1.807) is 22.9 Å². The zero-order valence-corrected chi connectivity index (χ0v) is 19.0. The number of nitrogens with one attached hydrogen (secondary N) is 1. The summed E-state index contributed by atoms with van der Waals surface area (Å²) >= 11 is 0. The number of H-pyrrole nitrogens is 1. The first-order chi connectivity index (χ1) is 17.6. The van der Waals surface area contributed by atoms with Crippen molar-refractivity contribution in [3.63, 3.8) is 0 Å². The second-order valence-electron chi connectivity index (χ2n) is 8.38. The molecule has 0 atom stereocenters. The third-order valence-electron chi connectivity index (χ3n) is 5.88. The van der Waals surface area contributed by atoms with Crippen molar-refractivity contribution >= 4 is 21.8 Å². The van der Waals surface area contributed by atoms with Gasteiger partial charge in [-0.1, -0.05) is 36.4 Å². The van der Waals surface area contributed by atoms with Gasteiger partial charge in [0.05, 0.1) is 28.8 Å². The molecular weight excluding hydrogens is 456 g/mol. The van der Waals surface area contributed by atoms with Crippen LogP contribution in [0.3, 0.4) is 0 Å². The molecule has 0 aliphatic carbocycles. The molecule has 36 heavy (non-hydrogen) atoms. The highest BCUT2D eigenvalue weighted by Crippen LogP contribution is 2.22. The number of hydrogen-bond donors (Lipinski definition) is 2. The number of phenolic OH excluding ortho intramolecular Hbond substituents is 1. The van der Waals surface area contributed by atoms with Gasteiger partial charge in [-0.05, 0) is 63.8 Å². The molecule has 0 fully saturated rings. The summed E-state index contributed by atoms with van der Waals surface area (Å²) in [4.78, 5) is 20.2. The molecular formula is C27H20N6O3. The molecule has 0 spiro atoms. The molecule has 9 nitrogen and oxygen atoms in total. The number of phenols is 1. The lowest BCUT2D eigenvalue weighted by molar-refractivity contribution is 0.301. The van der Waals surface area contributed by atoms with Gasteiger partial charge in [-0.2, -0.15) is 0 Å². The Morgan fingerprint density at radius 3 is 2.75 bits per heavy atom. The Hall–Kier alpha value is -5.05. The Bertz CT molecular complexity index is 1780. The number of aromatic nitrogens is 6. The Kier molecular flexibility index (Phi) is 5.34. The third kappa shape index (κ3) is 4.25. The number of para-hydroxylation sites is 1. The molecule has 3 aromatic heterocycles. The minimum atomic E-state index is -0.343. The number of benzene rings is 3. The Labute approximate surface area is 204 Å². The van der Waals surface area contributed by atoms with Crippen molar-refractivity contribution in [3.8, 4) is 22.9 Å². The zero-order chi connectivity index (χ0) is 24.5. The fourth-order valence-corrected chi connectivity index (χ4v) is 4.11. The lowest BCUT2D eigenvalue weighted by atomic mass is 10.1. The van der Waals surface area contributed by atoms with Crippen molar-refractivity contribution in [2.24, 2.45) is 0 Å². The molecule has 9 heteroatoms. The Balaban J connectivity index is 1.22. The summed E-state index contributed by atoms with van der Waals surface area (Å²) in [5.74, 6) is 1.12. The van der Waals surface area contributed by atoms with Gasteiger partial charge in [-0.15, -0.1) is 5.10 Å². The molecule has 0 saturated carbocycles. The van der Waals surface area contributed by atoms with E-state index in [-0.39, 0.29) is 11.3 Å². The zero-order valence-electron chi connectivity index (χ0n) is 19.0. The van der Waals surface area contributed by atoms with Gasteiger partial charge < -0.3 is 14.8 Å². The molecule has 0 radical (unpaired) electrons. The third-order valence-corrected chi connectivity index (χ3v) is 5.88. The lowest BCUT2D eigenvalue weighted by Gasteiger charge is -2.09. The first-order valence-corrected chi connectivity index (χ1v) is 11.3. The second kappa shape index (κ2) is 8.95. The highest BCUT2D eigenvalue weighted by atomic mass is 16.5. The average molecular weight is 476 g/mol. The van der Waals surface area contributed by atoms with Crippen molar-refractivity contribution in [2.45, 2.75) is 13.2 Å². The maximum atomic E-state index is 12.7. The molecule has 6 rings (SSSR count). The first kappa shape index (κ1) is 21.5. The maximum Gasteiger partial charge on any atom is 0.259 e. The van der Waals surface area contributed by atoms with Crippen LogP contribution in [0.4, 0.5) is 0 Å². The summed E-state index contributed by atoms with van der Waals surface area (Å²) in [6.07, 6.45) is 0. The van der Waals surface area contributed by atoms with Crippen LogP contribution in [-0.4, -0.2) is 35.3 Å². The summed E-state index contributed by atoms with van der Waals surface area (Å²) in [6, 6.07) is 26.1. The monoisotopic (exact) mass is 476 g/mol. The van der Waals surface area contributed by atoms with Crippen LogP contribution in [0.15, 0.2) is 89.7 Å². The molecule has 0 unspecified atom stereocenters. The average Bonchev–Trinajstić information content (AvgIpc) is 3.35. The topological polar surface area (TPSA) is 119 Å². The number of pyridine rings is 2. The summed E-state index contributed by atoms with van der Waals surface area (Å²) < 4.78 is 7.56. The number of aromatic amines is 1. The van der Waals surface area contributed by atoms with Crippen molar-refractivity contribution in [1.82, 2.24) is 30.2 Å². The van der Waals surface area contributed by atoms with Crippen LogP contribution in [0.1, 0.15) is 11.3 Å². The standard InChI is InChI=1S/C27H20N6O3/c34-21-11-9-19-13-23(27(35)29-25(19)14-21)26-30-31-32-33(26)15-17-4-3-6-22(12-17)36-16-20-10-8-18-5-1-2-7-24(18)28-20/h1-14,34H,15-16H2,(H,29,35). The fraction of sp³-hybridized carbons (Fsp3) is 0.0741. The molecule has 176 valence electrons. The minimum Gasteiger partial charge on any atom is -0.508 e. The van der Waals surface area contributed by atoms with Crippen LogP contribution in [0.2, 0.25) is 0 Å². The molecule has 0 aliphatic rings. The molecule has 0 aliphatic heterocycles. The molecule has 0 bridgehead atoms. The number of rotatable bonds is 6. The smallest absolute Gasteiger partial charge is 0.259 e. The molecule has 6 aromatic rings. The van der Waals surface area contributed by atoms with Crippen LogP contribution in [-0.2, 0) is 13.2 Å². The predicted octanol–water partition coefficient (Wildman–Crippen LogP) is 4.06. The summed E-state index contributed by atoms with van der Waals surface area (Å²) in [5, 5.41) is 23.5. The largest absolute Gasteiger partial charge is 0.508 e. The Morgan fingerprint density at radius 2 is 1.81 bits per heavy atom. The van der Waals surface area contributed by atoms with Crippen molar-refractivity contribution in [2.75, 3.05) is 0 Å². The lowest BCUT2D eigenvalue weighted by Crippen LogP contribution is -2.13. The summed E-state index contributed by atoms with van der Waals surface area (Å²) in [5.41, 5.74) is 3.21. The van der Waals surface area contributed by atoms with Crippen molar-refractivity contribution in [1.29, 1.82) is 0 Å². The number of tetrazole rings is 1. The second-order valence-corrected chi connectivity index (χ2v) is 8.38. The molecule has 0 saturated heterocycles. The van der Waals surface area contributed by atoms with E-state index in [1.807, 2.05) is 60.7 Å². The van der Waals surface area contributed by atoms with Crippen molar-refractivity contribution in [3.05, 3.63) is 107 Å². The van der Waals surface area contributed by atoms with Gasteiger partial charge in [0.1, 0.15) is 18.1 Å². The van der Waals surface area contributed by atoms with E-state index < -0.39 is 0 Å². The first-order valence-electron chi connectivity index (χ1n) is 11.3. The van der Waals surface area contributed by atoms with Crippen LogP contribution in [0.5, 0.6) is 11.5 Å². The van der Waals surface area contributed by atoms with Gasteiger partial charge >= 0.3 is 0 Å². The molecule has 3 aromatic carbocycles. The van der Waals surface area contributed by atoms with Gasteiger partial charge in [-0.3, -0.25) is 4.79 Å². The van der Waals surface area contributed by atoms with Gasteiger partial charge in [0.15, 0.2) is 5.82 Å². The van der Waals surface area contributed by atoms with Crippen LogP contribution < -0.4 is 10.3 Å². The normalized spacial score (nSPS) is 11.2. The van der Waals surface area contributed by atoms with Crippen LogP contribution in [0, 0.1) is 0 Å². The highest BCUT2D eigenvalue weighted by molar-refractivity contribution is 5.83. The fourth-order valence-electron chi connectivity index (χ4n) is 4.11. The van der Waals surface area contributed by atoms with Crippen LogP contribution >= 0.6 is 0 Å². The quantitative estimate of drug-likeness (QED) is 0.372. The van der Waals surface area contributed by atoms with E-state index in [0.29, 0.717) is 35.8 Å². The van der Waals surface area contributed by atoms with E-state index >= 15 is 0 Å². The van der Waals surface area contributed by atoms with Crippen LogP contribution in [0.25, 0.3) is 33.2 Å². The number of aromatic hydroxyl groups is 1. The van der Waals surface area contributed by atoms with Gasteiger partial charge in [0.2, 0.25) is 0 Å². The Morgan fingerprint density at radius 1 is 0.917 bits per heavy atom. The number of nitrogens with zero attached hydrogens (tertiary/aromatic N) is 5.